The number of methoxy groups -OCH3 is 1. The number of amides is 1. The Hall–Kier alpha value is -3.06. The Morgan fingerprint density at radius 2 is 1.96 bits per heavy atom. The van der Waals surface area contributed by atoms with Crippen LogP contribution in [0.25, 0.3) is 0 Å². The van der Waals surface area contributed by atoms with E-state index in [9.17, 15) is 4.79 Å². The van der Waals surface area contributed by atoms with Gasteiger partial charge >= 0.3 is 0 Å². The Kier molecular flexibility index (Phi) is 4.85. The molecule has 0 aliphatic rings. The van der Waals surface area contributed by atoms with Gasteiger partial charge in [-0.1, -0.05) is 12.1 Å². The second-order valence-electron chi connectivity index (χ2n) is 5.25. The highest BCUT2D eigenvalue weighted by Crippen LogP contribution is 2.32. The number of nitrogens with zero attached hydrogens (tertiary/aromatic N) is 1. The molecule has 0 atom stereocenters. The molecule has 0 unspecified atom stereocenters. The first-order valence-corrected chi connectivity index (χ1v) is 8.38. The Labute approximate surface area is 149 Å². The monoisotopic (exact) mass is 355 g/mol. The molecule has 0 bridgehead atoms. The highest BCUT2D eigenvalue weighted by atomic mass is 32.1. The largest absolute Gasteiger partial charge is 0.493 e. The van der Waals surface area contributed by atoms with Crippen molar-refractivity contribution in [3.05, 3.63) is 59.1 Å². The van der Waals surface area contributed by atoms with E-state index in [1.54, 1.807) is 37.4 Å². The zero-order valence-corrected chi connectivity index (χ0v) is 14.6. The summed E-state index contributed by atoms with van der Waals surface area (Å²) in [5.41, 5.74) is 7.47. The summed E-state index contributed by atoms with van der Waals surface area (Å²) >= 11 is 1.36. The third-order valence-electron chi connectivity index (χ3n) is 3.41. The van der Waals surface area contributed by atoms with Crippen molar-refractivity contribution < 1.29 is 14.3 Å². The fourth-order valence-corrected chi connectivity index (χ4v) is 2.88. The van der Waals surface area contributed by atoms with Gasteiger partial charge < -0.3 is 15.2 Å². The molecule has 0 fully saturated rings. The average Bonchev–Trinajstić information content (AvgIpc) is 3.01. The number of anilines is 2. The first-order valence-electron chi connectivity index (χ1n) is 7.50. The minimum Gasteiger partial charge on any atom is -0.493 e. The second kappa shape index (κ2) is 7.23. The van der Waals surface area contributed by atoms with Crippen LogP contribution in [0.3, 0.4) is 0 Å². The Bertz CT molecular complexity index is 908. The number of rotatable bonds is 5. The first-order chi connectivity index (χ1) is 12.1. The summed E-state index contributed by atoms with van der Waals surface area (Å²) < 4.78 is 11.1. The number of nitrogen functional groups attached to an aromatic ring is 1. The van der Waals surface area contributed by atoms with Crippen LogP contribution in [0.1, 0.15) is 16.1 Å². The molecular weight excluding hydrogens is 338 g/mol. The molecule has 6 nitrogen and oxygen atoms in total. The van der Waals surface area contributed by atoms with Gasteiger partial charge in [-0.15, -0.1) is 11.3 Å². The van der Waals surface area contributed by atoms with Crippen LogP contribution in [-0.4, -0.2) is 18.0 Å². The number of hydrogen-bond acceptors (Lipinski definition) is 6. The number of hydrogen-bond donors (Lipinski definition) is 2. The lowest BCUT2D eigenvalue weighted by Gasteiger charge is -2.12. The molecule has 0 radical (unpaired) electrons. The van der Waals surface area contributed by atoms with E-state index in [1.807, 2.05) is 24.4 Å². The Morgan fingerprint density at radius 3 is 2.64 bits per heavy atom. The molecule has 128 valence electrons. The van der Waals surface area contributed by atoms with E-state index in [-0.39, 0.29) is 5.91 Å². The van der Waals surface area contributed by atoms with Crippen molar-refractivity contribution in [2.75, 3.05) is 18.2 Å². The fourth-order valence-electron chi connectivity index (χ4n) is 2.20. The van der Waals surface area contributed by atoms with Crippen molar-refractivity contribution in [3.63, 3.8) is 0 Å². The first kappa shape index (κ1) is 16.8. The molecule has 1 heterocycles. The van der Waals surface area contributed by atoms with Gasteiger partial charge in [-0.2, -0.15) is 0 Å². The van der Waals surface area contributed by atoms with Gasteiger partial charge in [-0.25, -0.2) is 4.98 Å². The lowest BCUT2D eigenvalue weighted by Crippen LogP contribution is -2.14. The summed E-state index contributed by atoms with van der Waals surface area (Å²) in [6.45, 7) is 1.86. The van der Waals surface area contributed by atoms with Crippen molar-refractivity contribution in [1.29, 1.82) is 0 Å². The number of ether oxygens (including phenoxy) is 2. The number of thiazole rings is 1. The lowest BCUT2D eigenvalue weighted by molar-refractivity contribution is 0.102. The van der Waals surface area contributed by atoms with Crippen LogP contribution >= 0.6 is 11.3 Å². The zero-order chi connectivity index (χ0) is 17.8. The molecule has 0 aliphatic carbocycles. The van der Waals surface area contributed by atoms with E-state index < -0.39 is 0 Å². The number of nitrogens with one attached hydrogen (secondary N) is 1. The maximum absolute atomic E-state index is 12.5. The maximum atomic E-state index is 12.5. The molecular formula is C18H17N3O3S. The highest BCUT2D eigenvalue weighted by Gasteiger charge is 2.14. The van der Waals surface area contributed by atoms with Crippen LogP contribution in [0, 0.1) is 6.92 Å². The van der Waals surface area contributed by atoms with Crippen LogP contribution in [0.2, 0.25) is 0 Å². The smallest absolute Gasteiger partial charge is 0.259 e. The summed E-state index contributed by atoms with van der Waals surface area (Å²) in [4.78, 5) is 16.7. The predicted octanol–water partition coefficient (Wildman–Crippen LogP) is 4.09. The molecule has 0 saturated heterocycles. The minimum atomic E-state index is -0.336. The molecule has 0 aliphatic heterocycles. The van der Waals surface area contributed by atoms with Crippen molar-refractivity contribution in [3.8, 4) is 17.2 Å². The Balaban J connectivity index is 1.83. The van der Waals surface area contributed by atoms with Crippen molar-refractivity contribution in [2.45, 2.75) is 6.92 Å². The van der Waals surface area contributed by atoms with E-state index in [0.717, 1.165) is 5.69 Å². The van der Waals surface area contributed by atoms with Gasteiger partial charge in [0, 0.05) is 11.1 Å². The van der Waals surface area contributed by atoms with Gasteiger partial charge in [-0.05, 0) is 37.3 Å². The number of benzene rings is 2. The topological polar surface area (TPSA) is 86.5 Å². The SMILES string of the molecule is COc1ccccc1Oc1ccc(N)c(C(=O)Nc2nc(C)cs2)c1. The van der Waals surface area contributed by atoms with Gasteiger partial charge in [0.15, 0.2) is 16.6 Å². The maximum Gasteiger partial charge on any atom is 0.259 e. The summed E-state index contributed by atoms with van der Waals surface area (Å²) in [5, 5.41) is 5.13. The number of carbonyl (C=O) groups excluding carboxylic acids is 1. The van der Waals surface area contributed by atoms with Crippen molar-refractivity contribution >= 4 is 28.1 Å². The third-order valence-corrected chi connectivity index (χ3v) is 4.28. The van der Waals surface area contributed by atoms with E-state index in [2.05, 4.69) is 10.3 Å². The molecule has 0 saturated carbocycles. The Morgan fingerprint density at radius 1 is 1.20 bits per heavy atom. The highest BCUT2D eigenvalue weighted by molar-refractivity contribution is 7.13. The number of para-hydroxylation sites is 2. The zero-order valence-electron chi connectivity index (χ0n) is 13.8. The molecule has 0 spiro atoms. The van der Waals surface area contributed by atoms with Gasteiger partial charge in [0.2, 0.25) is 0 Å². The lowest BCUT2D eigenvalue weighted by atomic mass is 10.1. The predicted molar refractivity (Wildman–Crippen MR) is 98.7 cm³/mol. The van der Waals surface area contributed by atoms with Crippen LogP contribution in [-0.2, 0) is 0 Å². The third kappa shape index (κ3) is 3.89. The molecule has 2 aromatic carbocycles. The number of aromatic nitrogens is 1. The van der Waals surface area contributed by atoms with E-state index in [4.69, 9.17) is 15.2 Å². The van der Waals surface area contributed by atoms with Gasteiger partial charge in [0.05, 0.1) is 18.4 Å². The molecule has 25 heavy (non-hydrogen) atoms. The van der Waals surface area contributed by atoms with Gasteiger partial charge in [0.1, 0.15) is 5.75 Å². The van der Waals surface area contributed by atoms with Crippen molar-refractivity contribution in [2.24, 2.45) is 0 Å². The number of carbonyl (C=O) groups is 1. The summed E-state index contributed by atoms with van der Waals surface area (Å²) in [6, 6.07) is 12.2. The van der Waals surface area contributed by atoms with Crippen LogP contribution in [0.15, 0.2) is 47.8 Å². The summed E-state index contributed by atoms with van der Waals surface area (Å²) in [7, 11) is 1.57. The van der Waals surface area contributed by atoms with E-state index >= 15 is 0 Å². The van der Waals surface area contributed by atoms with Crippen LogP contribution in [0.5, 0.6) is 17.2 Å². The number of aryl methyl sites for hydroxylation is 1. The molecule has 3 aromatic rings. The van der Waals surface area contributed by atoms with Crippen molar-refractivity contribution in [1.82, 2.24) is 4.98 Å². The average molecular weight is 355 g/mol. The molecule has 7 heteroatoms. The minimum absolute atomic E-state index is 0.320. The van der Waals surface area contributed by atoms with Gasteiger partial charge in [0.25, 0.3) is 5.91 Å². The standard InChI is InChI=1S/C18H17N3O3S/c1-11-10-25-18(20-11)21-17(22)13-9-12(7-8-14(13)19)24-16-6-4-3-5-15(16)23-2/h3-10H,19H2,1-2H3,(H,20,21,22). The summed E-state index contributed by atoms with van der Waals surface area (Å²) in [5.74, 6) is 1.30. The summed E-state index contributed by atoms with van der Waals surface area (Å²) in [6.07, 6.45) is 0. The molecule has 1 amide bonds. The van der Waals surface area contributed by atoms with Crippen LogP contribution in [0.4, 0.5) is 10.8 Å². The quantitative estimate of drug-likeness (QED) is 0.673. The fraction of sp³-hybridized carbons (Fsp3) is 0.111. The van der Waals surface area contributed by atoms with E-state index in [1.165, 1.54) is 11.3 Å². The normalized spacial score (nSPS) is 10.3. The van der Waals surface area contributed by atoms with Gasteiger partial charge in [-0.3, -0.25) is 10.1 Å². The van der Waals surface area contributed by atoms with Crippen LogP contribution < -0.4 is 20.5 Å². The molecule has 3 rings (SSSR count). The molecule has 1 aromatic heterocycles. The van der Waals surface area contributed by atoms with E-state index in [0.29, 0.717) is 33.6 Å². The molecule has 3 N–H and O–H groups in total. The number of nitrogens with two attached hydrogens (primary N) is 1. The second-order valence-corrected chi connectivity index (χ2v) is 6.11.